The Morgan fingerprint density at radius 2 is 1.97 bits per heavy atom. The van der Waals surface area contributed by atoms with Gasteiger partial charge in [0.1, 0.15) is 23.3 Å². The number of carbonyl (C=O) groups is 1. The van der Waals surface area contributed by atoms with Gasteiger partial charge in [0, 0.05) is 57.1 Å². The highest BCUT2D eigenvalue weighted by Gasteiger charge is 2.26. The number of rotatable bonds is 4. The summed E-state index contributed by atoms with van der Waals surface area (Å²) >= 11 is 0. The Labute approximate surface area is 216 Å². The Bertz CT molecular complexity index is 1270. The molecule has 3 aromatic rings. The van der Waals surface area contributed by atoms with Crippen LogP contribution in [0.4, 0.5) is 9.18 Å². The van der Waals surface area contributed by atoms with Gasteiger partial charge in [0.15, 0.2) is 0 Å². The molecular weight excluding hydrogens is 475 g/mol. The molecule has 5 rings (SSSR count). The van der Waals surface area contributed by atoms with Gasteiger partial charge in [0.25, 0.3) is 0 Å². The summed E-state index contributed by atoms with van der Waals surface area (Å²) in [6.07, 6.45) is 6.27. The first-order chi connectivity index (χ1) is 17.7. The number of hydrogen-bond donors (Lipinski definition) is 0. The van der Waals surface area contributed by atoms with Crippen LogP contribution < -0.4 is 0 Å². The second-order valence-electron chi connectivity index (χ2n) is 10.8. The molecule has 0 radical (unpaired) electrons. The van der Waals surface area contributed by atoms with Gasteiger partial charge in [0.2, 0.25) is 5.95 Å². The molecule has 1 amide bonds. The summed E-state index contributed by atoms with van der Waals surface area (Å²) in [6.45, 7) is 11.3. The molecule has 3 aromatic heterocycles. The smallest absolute Gasteiger partial charge is 0.410 e. The highest BCUT2D eigenvalue weighted by Crippen LogP contribution is 2.32. The van der Waals surface area contributed by atoms with Crippen molar-refractivity contribution in [3.05, 3.63) is 41.9 Å². The standard InChI is InChI=1S/C27H35FN6O3/c1-18-30-23(20-8-9-34(25(20)31-18)22-7-5-6-14-36-22)21-15-19(16-29-24(21)28)17-32-10-12-33(13-11-32)26(35)37-27(2,3)4/h8-9,15-16,22H,5-7,10-14,17H2,1-4H3. The van der Waals surface area contributed by atoms with Crippen LogP contribution in [0.25, 0.3) is 22.3 Å². The molecule has 2 saturated heterocycles. The maximum atomic E-state index is 15.1. The lowest BCUT2D eigenvalue weighted by atomic mass is 10.1. The molecule has 2 aliphatic rings. The van der Waals surface area contributed by atoms with Crippen molar-refractivity contribution in [2.45, 2.75) is 65.3 Å². The van der Waals surface area contributed by atoms with Crippen LogP contribution in [0.1, 0.15) is 57.6 Å². The van der Waals surface area contributed by atoms with Crippen LogP contribution in [-0.2, 0) is 16.0 Å². The predicted molar refractivity (Wildman–Crippen MR) is 137 cm³/mol. The zero-order valence-electron chi connectivity index (χ0n) is 22.0. The Balaban J connectivity index is 1.35. The minimum absolute atomic E-state index is 0.0675. The van der Waals surface area contributed by atoms with Crippen molar-refractivity contribution in [3.63, 3.8) is 0 Å². The molecule has 198 valence electrons. The maximum Gasteiger partial charge on any atom is 0.410 e. The van der Waals surface area contributed by atoms with Gasteiger partial charge in [-0.1, -0.05) is 0 Å². The molecule has 2 aliphatic heterocycles. The predicted octanol–water partition coefficient (Wildman–Crippen LogP) is 4.69. The van der Waals surface area contributed by atoms with Crippen LogP contribution in [0, 0.1) is 12.9 Å². The average Bonchev–Trinajstić information content (AvgIpc) is 3.28. The zero-order chi connectivity index (χ0) is 26.2. The average molecular weight is 511 g/mol. The number of halogens is 1. The van der Waals surface area contributed by atoms with Gasteiger partial charge in [0.05, 0.1) is 11.3 Å². The first-order valence-electron chi connectivity index (χ1n) is 13.0. The third kappa shape index (κ3) is 5.75. The van der Waals surface area contributed by atoms with E-state index < -0.39 is 11.5 Å². The number of carbonyl (C=O) groups excluding carboxylic acids is 1. The molecule has 0 spiro atoms. The lowest BCUT2D eigenvalue weighted by Gasteiger charge is -2.35. The van der Waals surface area contributed by atoms with E-state index in [1.165, 1.54) is 0 Å². The van der Waals surface area contributed by atoms with Crippen molar-refractivity contribution in [1.29, 1.82) is 0 Å². The molecule has 2 fully saturated rings. The Morgan fingerprint density at radius 1 is 1.19 bits per heavy atom. The normalized spacial score (nSPS) is 19.4. The number of pyridine rings is 1. The molecule has 9 nitrogen and oxygen atoms in total. The molecule has 0 N–H and O–H groups in total. The van der Waals surface area contributed by atoms with Crippen LogP contribution in [0.2, 0.25) is 0 Å². The Kier molecular flexibility index (Phi) is 7.13. The molecular formula is C27H35FN6O3. The van der Waals surface area contributed by atoms with Crippen molar-refractivity contribution in [3.8, 4) is 11.3 Å². The molecule has 0 aliphatic carbocycles. The number of fused-ring (bicyclic) bond motifs is 1. The Hall–Kier alpha value is -3.11. The van der Waals surface area contributed by atoms with Crippen LogP contribution >= 0.6 is 0 Å². The van der Waals surface area contributed by atoms with Gasteiger partial charge in [-0.15, -0.1) is 0 Å². The van der Waals surface area contributed by atoms with Gasteiger partial charge < -0.3 is 18.9 Å². The summed E-state index contributed by atoms with van der Waals surface area (Å²) in [5.74, 6) is 0.0147. The molecule has 5 heterocycles. The largest absolute Gasteiger partial charge is 0.444 e. The second kappa shape index (κ2) is 10.3. The number of hydrogen-bond acceptors (Lipinski definition) is 7. The summed E-state index contributed by atoms with van der Waals surface area (Å²) in [5.41, 5.74) is 2.03. The fourth-order valence-electron chi connectivity index (χ4n) is 4.94. The van der Waals surface area contributed by atoms with Crippen LogP contribution in [0.15, 0.2) is 24.5 Å². The van der Waals surface area contributed by atoms with Crippen molar-refractivity contribution in [2.24, 2.45) is 0 Å². The highest BCUT2D eigenvalue weighted by atomic mass is 19.1. The van der Waals surface area contributed by atoms with E-state index >= 15 is 4.39 Å². The molecule has 1 atom stereocenters. The lowest BCUT2D eigenvalue weighted by Crippen LogP contribution is -2.49. The van der Waals surface area contributed by atoms with Gasteiger partial charge in [-0.3, -0.25) is 4.90 Å². The van der Waals surface area contributed by atoms with Crippen molar-refractivity contribution in [2.75, 3.05) is 32.8 Å². The van der Waals surface area contributed by atoms with E-state index in [4.69, 9.17) is 9.47 Å². The van der Waals surface area contributed by atoms with Crippen LogP contribution in [-0.4, -0.2) is 73.8 Å². The van der Waals surface area contributed by atoms with E-state index in [0.717, 1.165) is 42.5 Å². The molecule has 0 bridgehead atoms. The summed E-state index contributed by atoms with van der Waals surface area (Å²) < 4.78 is 28.5. The summed E-state index contributed by atoms with van der Waals surface area (Å²) in [5, 5.41) is 0.781. The monoisotopic (exact) mass is 510 g/mol. The third-order valence-corrected chi connectivity index (χ3v) is 6.73. The van der Waals surface area contributed by atoms with Crippen molar-refractivity contribution in [1.82, 2.24) is 29.3 Å². The highest BCUT2D eigenvalue weighted by molar-refractivity contribution is 5.91. The summed E-state index contributed by atoms with van der Waals surface area (Å²) in [6, 6.07) is 3.77. The molecule has 0 aromatic carbocycles. The Morgan fingerprint density at radius 3 is 2.68 bits per heavy atom. The number of piperazine rings is 1. The third-order valence-electron chi connectivity index (χ3n) is 6.73. The number of ether oxygens (including phenoxy) is 2. The summed E-state index contributed by atoms with van der Waals surface area (Å²) in [4.78, 5) is 29.7. The molecule has 10 heteroatoms. The fourth-order valence-corrected chi connectivity index (χ4v) is 4.94. The van der Waals surface area contributed by atoms with Crippen molar-refractivity contribution < 1.29 is 18.7 Å². The van der Waals surface area contributed by atoms with E-state index in [-0.39, 0.29) is 12.3 Å². The fraction of sp³-hybridized carbons (Fsp3) is 0.556. The number of amides is 1. The van der Waals surface area contributed by atoms with Gasteiger partial charge in [-0.25, -0.2) is 19.7 Å². The second-order valence-corrected chi connectivity index (χ2v) is 10.8. The van der Waals surface area contributed by atoms with Crippen molar-refractivity contribution >= 4 is 17.1 Å². The quantitative estimate of drug-likeness (QED) is 0.471. The van der Waals surface area contributed by atoms with E-state index in [9.17, 15) is 4.79 Å². The van der Waals surface area contributed by atoms with E-state index in [1.54, 1.807) is 11.1 Å². The topological polar surface area (TPSA) is 85.6 Å². The maximum absolute atomic E-state index is 15.1. The minimum atomic E-state index is -0.556. The van der Waals surface area contributed by atoms with Crippen LogP contribution in [0.5, 0.6) is 0 Å². The first-order valence-corrected chi connectivity index (χ1v) is 13.0. The zero-order valence-corrected chi connectivity index (χ0v) is 22.0. The van der Waals surface area contributed by atoms with Gasteiger partial charge in [-0.2, -0.15) is 4.39 Å². The van der Waals surface area contributed by atoms with Gasteiger partial charge in [-0.05, 0) is 64.7 Å². The van der Waals surface area contributed by atoms with E-state index in [1.807, 2.05) is 50.6 Å². The number of aryl methyl sites for hydroxylation is 1. The molecule has 37 heavy (non-hydrogen) atoms. The lowest BCUT2D eigenvalue weighted by molar-refractivity contribution is -0.0295. The molecule has 0 saturated carbocycles. The SMILES string of the molecule is Cc1nc(-c2cc(CN3CCN(C(=O)OC(C)(C)C)CC3)cnc2F)c2ccn(C3CCCCO3)c2n1. The van der Waals surface area contributed by atoms with E-state index in [2.05, 4.69) is 19.9 Å². The van der Waals surface area contributed by atoms with E-state index in [0.29, 0.717) is 49.8 Å². The summed E-state index contributed by atoms with van der Waals surface area (Å²) in [7, 11) is 0. The number of aromatic nitrogens is 4. The number of nitrogens with zero attached hydrogens (tertiary/aromatic N) is 6. The molecule has 1 unspecified atom stereocenters. The van der Waals surface area contributed by atoms with Crippen LogP contribution in [0.3, 0.4) is 0 Å². The minimum Gasteiger partial charge on any atom is -0.444 e. The first kappa shape index (κ1) is 25.5. The van der Waals surface area contributed by atoms with Gasteiger partial charge >= 0.3 is 6.09 Å².